The number of ketones is 1. The minimum absolute atomic E-state index is 0.0307. The molecule has 0 heterocycles. The lowest BCUT2D eigenvalue weighted by Crippen LogP contribution is -2.42. The molecule has 110 valence electrons. The second-order valence-electron chi connectivity index (χ2n) is 3.93. The lowest BCUT2D eigenvalue weighted by Gasteiger charge is -2.14. The van der Waals surface area contributed by atoms with E-state index < -0.39 is 17.9 Å². The molecule has 0 aromatic heterocycles. The van der Waals surface area contributed by atoms with E-state index in [1.54, 1.807) is 6.92 Å². The van der Waals surface area contributed by atoms with Crippen LogP contribution in [0.25, 0.3) is 0 Å². The maximum Gasteiger partial charge on any atom is 0.326 e. The molecule has 0 spiro atoms. The molecular formula is C12H21NO6. The van der Waals surface area contributed by atoms with Crippen LogP contribution in [0.3, 0.4) is 0 Å². The third-order valence-electron chi connectivity index (χ3n) is 2.40. The van der Waals surface area contributed by atoms with Gasteiger partial charge in [0.05, 0.1) is 13.2 Å². The number of rotatable bonds is 11. The minimum Gasteiger partial charge on any atom is -0.480 e. The first-order valence-corrected chi connectivity index (χ1v) is 6.11. The van der Waals surface area contributed by atoms with Crippen molar-refractivity contribution in [1.82, 2.24) is 5.32 Å². The number of carbonyl (C=O) groups is 3. The number of hydrogen-bond acceptors (Lipinski definition) is 5. The standard InChI is InChI=1S/C12H21NO6/c1-3-9(14)4-5-10(12(16)17)13-11(15)8-19-7-6-18-2/h10H,3-8H2,1-2H3,(H,13,15)(H,16,17)/t10-/m0/s1. The zero-order valence-corrected chi connectivity index (χ0v) is 11.3. The predicted molar refractivity (Wildman–Crippen MR) is 66.8 cm³/mol. The topological polar surface area (TPSA) is 102 Å². The van der Waals surface area contributed by atoms with Gasteiger partial charge in [-0.15, -0.1) is 0 Å². The quantitative estimate of drug-likeness (QED) is 0.514. The van der Waals surface area contributed by atoms with Gasteiger partial charge in [0.15, 0.2) is 0 Å². The lowest BCUT2D eigenvalue weighted by atomic mass is 10.1. The van der Waals surface area contributed by atoms with Crippen molar-refractivity contribution in [3.63, 3.8) is 0 Å². The molecule has 1 amide bonds. The summed E-state index contributed by atoms with van der Waals surface area (Å²) in [5, 5.41) is 11.2. The van der Waals surface area contributed by atoms with Crippen LogP contribution in [0.1, 0.15) is 26.2 Å². The molecule has 0 unspecified atom stereocenters. The Morgan fingerprint density at radius 1 is 1.26 bits per heavy atom. The molecule has 0 radical (unpaired) electrons. The maximum atomic E-state index is 11.4. The number of aliphatic carboxylic acids is 1. The van der Waals surface area contributed by atoms with Crippen molar-refractivity contribution in [3.8, 4) is 0 Å². The van der Waals surface area contributed by atoms with Crippen LogP contribution in [0.15, 0.2) is 0 Å². The van der Waals surface area contributed by atoms with E-state index in [2.05, 4.69) is 5.32 Å². The van der Waals surface area contributed by atoms with Crippen LogP contribution < -0.4 is 5.32 Å². The van der Waals surface area contributed by atoms with Crippen LogP contribution in [0.2, 0.25) is 0 Å². The summed E-state index contributed by atoms with van der Waals surface area (Å²) in [5.74, 6) is -1.71. The zero-order chi connectivity index (χ0) is 14.7. The SMILES string of the molecule is CCC(=O)CC[C@H](NC(=O)COCCOC)C(=O)O. The van der Waals surface area contributed by atoms with Gasteiger partial charge in [0, 0.05) is 20.0 Å². The average molecular weight is 275 g/mol. The smallest absolute Gasteiger partial charge is 0.326 e. The van der Waals surface area contributed by atoms with Crippen LogP contribution in [0.5, 0.6) is 0 Å². The maximum absolute atomic E-state index is 11.4. The molecule has 0 rings (SSSR count). The predicted octanol–water partition coefficient (Wildman–Crippen LogP) is -0.0219. The Balaban J connectivity index is 4.01. The molecule has 19 heavy (non-hydrogen) atoms. The summed E-state index contributed by atoms with van der Waals surface area (Å²) in [6.07, 6.45) is 0.588. The number of carboxylic acid groups (broad SMARTS) is 1. The molecule has 0 saturated heterocycles. The Labute approximate surface area is 112 Å². The van der Waals surface area contributed by atoms with Gasteiger partial charge in [-0.2, -0.15) is 0 Å². The molecule has 0 aliphatic rings. The van der Waals surface area contributed by atoms with E-state index >= 15 is 0 Å². The fraction of sp³-hybridized carbons (Fsp3) is 0.750. The molecule has 1 atom stereocenters. The van der Waals surface area contributed by atoms with E-state index in [0.717, 1.165) is 0 Å². The summed E-state index contributed by atoms with van der Waals surface area (Å²) in [7, 11) is 1.51. The number of amides is 1. The van der Waals surface area contributed by atoms with Gasteiger partial charge in [-0.1, -0.05) is 6.92 Å². The highest BCUT2D eigenvalue weighted by Gasteiger charge is 2.20. The van der Waals surface area contributed by atoms with E-state index in [1.165, 1.54) is 7.11 Å². The van der Waals surface area contributed by atoms with Crippen molar-refractivity contribution in [3.05, 3.63) is 0 Å². The number of carbonyl (C=O) groups excluding carboxylic acids is 2. The van der Waals surface area contributed by atoms with Crippen LogP contribution >= 0.6 is 0 Å². The summed E-state index contributed by atoms with van der Waals surface area (Å²) in [6, 6.07) is -1.06. The van der Waals surface area contributed by atoms with Crippen LogP contribution in [0.4, 0.5) is 0 Å². The number of carboxylic acids is 1. The normalized spacial score (nSPS) is 11.9. The van der Waals surface area contributed by atoms with Crippen LogP contribution in [-0.4, -0.2) is 55.7 Å². The highest BCUT2D eigenvalue weighted by Crippen LogP contribution is 2.01. The Bertz CT molecular complexity index is 305. The molecule has 7 nitrogen and oxygen atoms in total. The number of methoxy groups -OCH3 is 1. The van der Waals surface area contributed by atoms with Gasteiger partial charge in [-0.3, -0.25) is 9.59 Å². The van der Waals surface area contributed by atoms with Crippen molar-refractivity contribution in [2.24, 2.45) is 0 Å². The molecule has 0 aromatic rings. The fourth-order valence-electron chi connectivity index (χ4n) is 1.28. The second kappa shape index (κ2) is 10.5. The molecule has 0 aliphatic carbocycles. The van der Waals surface area contributed by atoms with Crippen LogP contribution in [-0.2, 0) is 23.9 Å². The molecule has 7 heteroatoms. The van der Waals surface area contributed by atoms with Crippen molar-refractivity contribution in [2.75, 3.05) is 26.9 Å². The Morgan fingerprint density at radius 3 is 2.47 bits per heavy atom. The van der Waals surface area contributed by atoms with Gasteiger partial charge < -0.3 is 19.9 Å². The van der Waals surface area contributed by atoms with Gasteiger partial charge in [-0.25, -0.2) is 4.79 Å². The van der Waals surface area contributed by atoms with E-state index in [-0.39, 0.29) is 31.8 Å². The second-order valence-corrected chi connectivity index (χ2v) is 3.93. The minimum atomic E-state index is -1.16. The van der Waals surface area contributed by atoms with Crippen molar-refractivity contribution in [2.45, 2.75) is 32.2 Å². The van der Waals surface area contributed by atoms with E-state index in [0.29, 0.717) is 13.0 Å². The fourth-order valence-corrected chi connectivity index (χ4v) is 1.28. The molecular weight excluding hydrogens is 254 g/mol. The number of ether oxygens (including phenoxy) is 2. The average Bonchev–Trinajstić information content (AvgIpc) is 2.38. The van der Waals surface area contributed by atoms with Crippen LogP contribution in [0, 0.1) is 0 Å². The van der Waals surface area contributed by atoms with Gasteiger partial charge >= 0.3 is 5.97 Å². The Hall–Kier alpha value is -1.47. The summed E-state index contributed by atoms with van der Waals surface area (Å²) < 4.78 is 9.70. The Kier molecular flexibility index (Phi) is 9.64. The summed E-state index contributed by atoms with van der Waals surface area (Å²) in [6.45, 7) is 2.10. The van der Waals surface area contributed by atoms with Gasteiger partial charge in [0.1, 0.15) is 18.4 Å². The van der Waals surface area contributed by atoms with E-state index in [1.807, 2.05) is 0 Å². The van der Waals surface area contributed by atoms with Gasteiger partial charge in [0.2, 0.25) is 5.91 Å². The first kappa shape index (κ1) is 17.5. The number of hydrogen-bond donors (Lipinski definition) is 2. The molecule has 0 bridgehead atoms. The summed E-state index contributed by atoms with van der Waals surface area (Å²) >= 11 is 0. The Morgan fingerprint density at radius 2 is 1.95 bits per heavy atom. The van der Waals surface area contributed by atoms with E-state index in [4.69, 9.17) is 14.6 Å². The third-order valence-corrected chi connectivity index (χ3v) is 2.40. The monoisotopic (exact) mass is 275 g/mol. The number of nitrogens with one attached hydrogen (secondary N) is 1. The summed E-state index contributed by atoms with van der Waals surface area (Å²) in [4.78, 5) is 33.5. The van der Waals surface area contributed by atoms with Crippen molar-refractivity contribution in [1.29, 1.82) is 0 Å². The highest BCUT2D eigenvalue weighted by atomic mass is 16.5. The molecule has 0 fully saturated rings. The largest absolute Gasteiger partial charge is 0.480 e. The molecule has 0 saturated carbocycles. The first-order valence-electron chi connectivity index (χ1n) is 6.11. The number of Topliss-reactive ketones (excluding diaryl/α,β-unsaturated/α-hetero) is 1. The van der Waals surface area contributed by atoms with Gasteiger partial charge in [0.25, 0.3) is 0 Å². The molecule has 0 aromatic carbocycles. The van der Waals surface area contributed by atoms with Crippen molar-refractivity contribution < 1.29 is 29.0 Å². The third kappa shape index (κ3) is 9.15. The lowest BCUT2D eigenvalue weighted by molar-refractivity contribution is -0.143. The highest BCUT2D eigenvalue weighted by molar-refractivity contribution is 5.85. The zero-order valence-electron chi connectivity index (χ0n) is 11.3. The first-order chi connectivity index (χ1) is 9.01. The van der Waals surface area contributed by atoms with Gasteiger partial charge in [-0.05, 0) is 6.42 Å². The van der Waals surface area contributed by atoms with Crippen molar-refractivity contribution >= 4 is 17.7 Å². The van der Waals surface area contributed by atoms with E-state index in [9.17, 15) is 14.4 Å². The molecule has 2 N–H and O–H groups in total. The molecule has 0 aliphatic heterocycles. The summed E-state index contributed by atoms with van der Waals surface area (Å²) in [5.41, 5.74) is 0.